The maximum atomic E-state index is 13.6. The minimum Gasteiger partial charge on any atom is -0.384 e. The lowest BCUT2D eigenvalue weighted by atomic mass is 9.93. The van der Waals surface area contributed by atoms with Gasteiger partial charge in [0.25, 0.3) is 23.6 Å². The van der Waals surface area contributed by atoms with Crippen LogP contribution in [0.25, 0.3) is 21.5 Å². The van der Waals surface area contributed by atoms with Crippen LogP contribution in [0.3, 0.4) is 0 Å². The highest BCUT2D eigenvalue weighted by atomic mass is 33.1. The van der Waals surface area contributed by atoms with E-state index in [2.05, 4.69) is 45.9 Å². The lowest BCUT2D eigenvalue weighted by molar-refractivity contribution is -0.870. The van der Waals surface area contributed by atoms with Gasteiger partial charge in [-0.15, -0.1) is 0 Å². The molecule has 51 heavy (non-hydrogen) atoms. The summed E-state index contributed by atoms with van der Waals surface area (Å²) >= 11 is 0. The molecular formula is C39H49N6O4S2+3. The lowest BCUT2D eigenvalue weighted by Crippen LogP contribution is -3.05. The van der Waals surface area contributed by atoms with Crippen LogP contribution in [0.15, 0.2) is 60.7 Å². The Balaban J connectivity index is 1.02. The molecule has 268 valence electrons. The van der Waals surface area contributed by atoms with Crippen LogP contribution < -0.4 is 15.5 Å². The van der Waals surface area contributed by atoms with Crippen molar-refractivity contribution in [3.05, 3.63) is 82.9 Å². The zero-order valence-corrected chi connectivity index (χ0v) is 31.9. The van der Waals surface area contributed by atoms with Crippen LogP contribution in [0.2, 0.25) is 0 Å². The quantitative estimate of drug-likeness (QED) is 0.0380. The molecule has 12 heteroatoms. The van der Waals surface area contributed by atoms with Crippen LogP contribution in [0, 0.1) is 0 Å². The van der Waals surface area contributed by atoms with Gasteiger partial charge in [-0.25, -0.2) is 0 Å². The van der Waals surface area contributed by atoms with Gasteiger partial charge in [0.05, 0.1) is 71.4 Å². The number of nitrogens with zero attached hydrogens (tertiary/aromatic N) is 3. The summed E-state index contributed by atoms with van der Waals surface area (Å²) in [6.07, 6.45) is 2.02. The number of carbonyl (C=O) groups is 4. The Bertz CT molecular complexity index is 1950. The van der Waals surface area contributed by atoms with Gasteiger partial charge in [-0.1, -0.05) is 24.3 Å². The predicted octanol–water partition coefficient (Wildman–Crippen LogP) is 3.80. The number of hydrogen-bond donors (Lipinski definition) is 3. The molecule has 10 nitrogen and oxygen atoms in total. The molecule has 3 N–H and O–H groups in total. The van der Waals surface area contributed by atoms with E-state index in [0.717, 1.165) is 81.8 Å². The Morgan fingerprint density at radius 1 is 0.667 bits per heavy atom. The molecule has 2 heterocycles. The Morgan fingerprint density at radius 2 is 1.16 bits per heavy atom. The highest BCUT2D eigenvalue weighted by Gasteiger charge is 2.35. The number of anilines is 2. The van der Waals surface area contributed by atoms with E-state index >= 15 is 0 Å². The predicted molar refractivity (Wildman–Crippen MR) is 212 cm³/mol. The largest absolute Gasteiger partial charge is 0.384 e. The van der Waals surface area contributed by atoms with Crippen molar-refractivity contribution in [2.45, 2.75) is 12.8 Å². The van der Waals surface area contributed by atoms with E-state index in [1.165, 1.54) is 14.7 Å². The molecule has 6 rings (SSSR count). The molecule has 2 aliphatic heterocycles. The van der Waals surface area contributed by atoms with E-state index in [-0.39, 0.29) is 36.7 Å². The first-order chi connectivity index (χ1) is 24.5. The normalized spacial score (nSPS) is 14.4. The number of quaternary nitrogens is 2. The molecule has 0 radical (unpaired) electrons. The molecule has 0 saturated carbocycles. The van der Waals surface area contributed by atoms with Crippen molar-refractivity contribution >= 4 is 78.1 Å². The van der Waals surface area contributed by atoms with E-state index in [4.69, 9.17) is 0 Å². The van der Waals surface area contributed by atoms with E-state index < -0.39 is 0 Å². The number of rotatable bonds is 17. The average Bonchev–Trinajstić information content (AvgIpc) is 3.10. The molecule has 2 aliphatic rings. The molecule has 4 amide bonds. The van der Waals surface area contributed by atoms with Crippen molar-refractivity contribution in [3.8, 4) is 0 Å². The Labute approximate surface area is 307 Å². The fraction of sp³-hybridized carbons (Fsp3) is 0.385. The van der Waals surface area contributed by atoms with Gasteiger partial charge in [0.15, 0.2) is 0 Å². The summed E-state index contributed by atoms with van der Waals surface area (Å²) in [6.45, 7) is 4.27. The summed E-state index contributed by atoms with van der Waals surface area (Å²) in [5.74, 6) is 0.0327. The van der Waals surface area contributed by atoms with Gasteiger partial charge in [-0.05, 0) is 36.4 Å². The van der Waals surface area contributed by atoms with E-state index in [1.807, 2.05) is 48.5 Å². The SMILES string of the molecule is C[NH+](C)CCCNc1ccc2c3c(cccc13)C(=O)N(CC[SH+]SCCN1C(=O)c3cccc4c(NCCC[N+](C)(C)C)ccc(c34)C1=O)C2=O. The fourth-order valence-corrected chi connectivity index (χ4v) is 8.92. The highest BCUT2D eigenvalue weighted by Crippen LogP contribution is 2.36. The maximum absolute atomic E-state index is 13.6. The van der Waals surface area contributed by atoms with Crippen molar-refractivity contribution in [1.29, 1.82) is 0 Å². The number of amides is 4. The first-order valence-electron chi connectivity index (χ1n) is 17.7. The molecule has 0 fully saturated rings. The van der Waals surface area contributed by atoms with Gasteiger partial charge in [0.1, 0.15) is 5.75 Å². The fourth-order valence-electron chi connectivity index (χ4n) is 6.85. The Kier molecular flexibility index (Phi) is 11.3. The molecular weight excluding hydrogens is 681 g/mol. The topological polar surface area (TPSA) is 103 Å². The van der Waals surface area contributed by atoms with Gasteiger partial charge in [-0.2, -0.15) is 0 Å². The van der Waals surface area contributed by atoms with Crippen molar-refractivity contribution in [2.75, 3.05) is 96.6 Å². The van der Waals surface area contributed by atoms with Gasteiger partial charge >= 0.3 is 0 Å². The summed E-state index contributed by atoms with van der Waals surface area (Å²) in [4.78, 5) is 58.3. The molecule has 4 aromatic rings. The molecule has 0 aromatic heterocycles. The first kappa shape index (κ1) is 36.7. The monoisotopic (exact) mass is 729 g/mol. The van der Waals surface area contributed by atoms with Gasteiger partial charge in [0.2, 0.25) is 0 Å². The molecule has 0 bridgehead atoms. The van der Waals surface area contributed by atoms with Crippen LogP contribution in [0.5, 0.6) is 0 Å². The number of benzene rings is 4. The number of nitrogens with one attached hydrogen (secondary N) is 3. The van der Waals surface area contributed by atoms with Crippen LogP contribution in [0.4, 0.5) is 11.4 Å². The number of imide groups is 2. The van der Waals surface area contributed by atoms with Crippen LogP contribution in [0.1, 0.15) is 54.3 Å². The third kappa shape index (κ3) is 7.89. The van der Waals surface area contributed by atoms with Crippen LogP contribution >= 0.6 is 10.8 Å². The molecule has 0 aliphatic carbocycles. The van der Waals surface area contributed by atoms with Crippen molar-refractivity contribution in [3.63, 3.8) is 0 Å². The number of thiol groups is 1. The molecule has 4 aromatic carbocycles. The molecule has 0 atom stereocenters. The van der Waals surface area contributed by atoms with Crippen LogP contribution in [-0.4, -0.2) is 124 Å². The Hall–Kier alpha value is -4.10. The second-order valence-corrected chi connectivity index (χ2v) is 17.4. The van der Waals surface area contributed by atoms with E-state index in [1.54, 1.807) is 22.9 Å². The Morgan fingerprint density at radius 3 is 1.67 bits per heavy atom. The first-order valence-corrected chi connectivity index (χ1v) is 20.3. The van der Waals surface area contributed by atoms with Gasteiger partial charge in [0, 0.05) is 98.4 Å². The molecule has 0 saturated heterocycles. The lowest BCUT2D eigenvalue weighted by Gasteiger charge is -2.28. The highest BCUT2D eigenvalue weighted by molar-refractivity contribution is 8.66. The average molecular weight is 730 g/mol. The van der Waals surface area contributed by atoms with Crippen LogP contribution in [-0.2, 0) is 10.8 Å². The second-order valence-electron chi connectivity index (χ2n) is 14.5. The summed E-state index contributed by atoms with van der Waals surface area (Å²) in [5, 5.41) is 10.2. The van der Waals surface area contributed by atoms with Gasteiger partial charge in [-0.3, -0.25) is 29.0 Å². The standard InChI is InChI=1S/C39H46N6O4S2/c1-42(2)20-8-18-40-32-16-14-30-34-26(32)10-6-12-28(34)36(46)43(38(30)48)21-24-50-51-25-22-44-37(47)29-13-7-11-27-33(41-19-9-23-45(3,4)5)17-15-31(35(27)29)39(44)49/h6-7,10-17H,8-9,18-25H2,1-5H3,(H-,40,41,46,47,48,49)/p+3. The molecule has 0 spiro atoms. The summed E-state index contributed by atoms with van der Waals surface area (Å²) < 4.78 is 0.892. The minimum atomic E-state index is -0.275. The van der Waals surface area contributed by atoms with E-state index in [9.17, 15) is 19.2 Å². The second kappa shape index (κ2) is 15.6. The zero-order valence-electron chi connectivity index (χ0n) is 30.2. The van der Waals surface area contributed by atoms with Crippen molar-refractivity contribution < 1.29 is 28.6 Å². The zero-order chi connectivity index (χ0) is 36.3. The van der Waals surface area contributed by atoms with Crippen molar-refractivity contribution in [1.82, 2.24) is 9.80 Å². The molecule has 0 unspecified atom stereocenters. The third-order valence-electron chi connectivity index (χ3n) is 9.39. The summed E-state index contributed by atoms with van der Waals surface area (Å²) in [7, 11) is 13.3. The summed E-state index contributed by atoms with van der Waals surface area (Å²) in [6, 6.07) is 18.8. The smallest absolute Gasteiger partial charge is 0.261 e. The van der Waals surface area contributed by atoms with E-state index in [0.29, 0.717) is 39.1 Å². The maximum Gasteiger partial charge on any atom is 0.261 e. The van der Waals surface area contributed by atoms with Gasteiger partial charge < -0.3 is 20.0 Å². The third-order valence-corrected chi connectivity index (χ3v) is 12.0. The van der Waals surface area contributed by atoms with Crippen molar-refractivity contribution in [2.24, 2.45) is 0 Å². The summed E-state index contributed by atoms with van der Waals surface area (Å²) in [5.41, 5.74) is 4.05. The number of hydrogen-bond acceptors (Lipinski definition) is 7. The minimum absolute atomic E-state index is 0.272. The number of carbonyl (C=O) groups excluding carboxylic acids is 4.